The summed E-state index contributed by atoms with van der Waals surface area (Å²) in [6, 6.07) is 13.3. The van der Waals surface area contributed by atoms with Crippen LogP contribution in [0.5, 0.6) is 5.75 Å². The van der Waals surface area contributed by atoms with Crippen LogP contribution in [0.1, 0.15) is 17.4 Å². The first-order chi connectivity index (χ1) is 15.0. The highest BCUT2D eigenvalue weighted by molar-refractivity contribution is 7.20. The highest BCUT2D eigenvalue weighted by Crippen LogP contribution is 2.33. The number of fused-ring (bicyclic) bond motifs is 1. The van der Waals surface area contributed by atoms with Crippen LogP contribution in [0, 0.1) is 17.7 Å². The summed E-state index contributed by atoms with van der Waals surface area (Å²) in [6.07, 6.45) is 1.50. The Balaban J connectivity index is 1.51. The van der Waals surface area contributed by atoms with Gasteiger partial charge in [0, 0.05) is 5.69 Å². The summed E-state index contributed by atoms with van der Waals surface area (Å²) < 4.78 is 19.9. The van der Waals surface area contributed by atoms with Crippen molar-refractivity contribution in [3.05, 3.63) is 76.1 Å². The second-order valence-corrected chi connectivity index (χ2v) is 8.25. The van der Waals surface area contributed by atoms with Crippen LogP contribution in [0.25, 0.3) is 10.2 Å². The van der Waals surface area contributed by atoms with Crippen molar-refractivity contribution in [3.63, 3.8) is 0 Å². The SMILES string of the molecule is C[C@@H](N)C#Cc1cc2ncnc(Nc3ccc(OCc4cccc(F)c4)c(Cl)c3)c2s1. The van der Waals surface area contributed by atoms with Crippen LogP contribution in [0.4, 0.5) is 15.9 Å². The summed E-state index contributed by atoms with van der Waals surface area (Å²) in [4.78, 5) is 9.53. The average Bonchev–Trinajstić information content (AvgIpc) is 3.16. The number of aromatic nitrogens is 2. The minimum Gasteiger partial charge on any atom is -0.487 e. The van der Waals surface area contributed by atoms with Gasteiger partial charge in [-0.15, -0.1) is 11.3 Å². The van der Waals surface area contributed by atoms with Gasteiger partial charge in [-0.1, -0.05) is 35.6 Å². The van der Waals surface area contributed by atoms with Gasteiger partial charge in [0.25, 0.3) is 0 Å². The number of thiophene rings is 1. The first kappa shape index (κ1) is 21.1. The van der Waals surface area contributed by atoms with E-state index in [4.69, 9.17) is 22.1 Å². The minimum atomic E-state index is -0.303. The van der Waals surface area contributed by atoms with Gasteiger partial charge in [-0.25, -0.2) is 14.4 Å². The van der Waals surface area contributed by atoms with Crippen molar-refractivity contribution in [2.75, 3.05) is 5.32 Å². The molecule has 4 rings (SSSR count). The van der Waals surface area contributed by atoms with Gasteiger partial charge in [0.2, 0.25) is 0 Å². The molecule has 0 amide bonds. The second kappa shape index (κ2) is 9.31. The molecular weight excluding hydrogens is 435 g/mol. The molecular formula is C23H18ClFN4OS. The Morgan fingerprint density at radius 3 is 2.87 bits per heavy atom. The lowest BCUT2D eigenvalue weighted by Crippen LogP contribution is -2.10. The van der Waals surface area contributed by atoms with Gasteiger partial charge in [0.1, 0.15) is 24.5 Å². The van der Waals surface area contributed by atoms with E-state index in [-0.39, 0.29) is 18.5 Å². The van der Waals surface area contributed by atoms with E-state index in [1.54, 1.807) is 24.3 Å². The molecule has 1 atom stereocenters. The van der Waals surface area contributed by atoms with Gasteiger partial charge >= 0.3 is 0 Å². The maximum Gasteiger partial charge on any atom is 0.151 e. The zero-order valence-electron chi connectivity index (χ0n) is 16.5. The summed E-state index contributed by atoms with van der Waals surface area (Å²) in [5.74, 6) is 6.87. The lowest BCUT2D eigenvalue weighted by molar-refractivity contribution is 0.306. The average molecular weight is 453 g/mol. The van der Waals surface area contributed by atoms with E-state index in [9.17, 15) is 4.39 Å². The maximum atomic E-state index is 13.3. The summed E-state index contributed by atoms with van der Waals surface area (Å²) in [7, 11) is 0. The largest absolute Gasteiger partial charge is 0.487 e. The van der Waals surface area contributed by atoms with Crippen LogP contribution in [0.3, 0.4) is 0 Å². The second-order valence-electron chi connectivity index (χ2n) is 6.79. The fourth-order valence-corrected chi connectivity index (χ4v) is 3.96. The van der Waals surface area contributed by atoms with E-state index < -0.39 is 0 Å². The number of ether oxygens (including phenoxy) is 1. The van der Waals surface area contributed by atoms with Crippen LogP contribution in [-0.4, -0.2) is 16.0 Å². The quantitative estimate of drug-likeness (QED) is 0.391. The van der Waals surface area contributed by atoms with E-state index in [1.165, 1.54) is 29.8 Å². The van der Waals surface area contributed by atoms with E-state index >= 15 is 0 Å². The Hall–Kier alpha value is -3.18. The number of benzene rings is 2. The molecule has 0 unspecified atom stereocenters. The fraction of sp³-hybridized carbons (Fsp3) is 0.130. The van der Waals surface area contributed by atoms with Gasteiger partial charge in [0.05, 0.1) is 26.2 Å². The lowest BCUT2D eigenvalue weighted by atomic mass is 10.2. The molecule has 0 aliphatic heterocycles. The van der Waals surface area contributed by atoms with Gasteiger partial charge < -0.3 is 15.8 Å². The zero-order chi connectivity index (χ0) is 21.8. The number of hydrogen-bond donors (Lipinski definition) is 2. The van der Waals surface area contributed by atoms with Gasteiger partial charge in [-0.2, -0.15) is 0 Å². The van der Waals surface area contributed by atoms with E-state index in [0.717, 1.165) is 26.3 Å². The fourth-order valence-electron chi connectivity index (χ4n) is 2.81. The monoisotopic (exact) mass is 452 g/mol. The van der Waals surface area contributed by atoms with Crippen molar-refractivity contribution in [2.24, 2.45) is 5.73 Å². The van der Waals surface area contributed by atoms with Crippen molar-refractivity contribution in [1.29, 1.82) is 0 Å². The van der Waals surface area contributed by atoms with Crippen molar-refractivity contribution in [3.8, 4) is 17.6 Å². The van der Waals surface area contributed by atoms with Crippen LogP contribution < -0.4 is 15.8 Å². The standard InChI is InChI=1S/C23H18ClFN4OS/c1-14(26)5-7-18-11-20-22(31-18)23(28-13-27-20)29-17-6-8-21(19(24)10-17)30-12-15-3-2-4-16(25)9-15/h2-4,6,8-11,13-14H,12,26H2,1H3,(H,27,28,29)/t14-/m1/s1. The van der Waals surface area contributed by atoms with Crippen LogP contribution in [-0.2, 0) is 6.61 Å². The third kappa shape index (κ3) is 5.30. The van der Waals surface area contributed by atoms with E-state index in [1.807, 2.05) is 19.1 Å². The first-order valence-electron chi connectivity index (χ1n) is 9.43. The lowest BCUT2D eigenvalue weighted by Gasteiger charge is -2.11. The summed E-state index contributed by atoms with van der Waals surface area (Å²) >= 11 is 7.88. The Morgan fingerprint density at radius 2 is 2.10 bits per heavy atom. The smallest absolute Gasteiger partial charge is 0.151 e. The molecule has 5 nitrogen and oxygen atoms in total. The van der Waals surface area contributed by atoms with E-state index in [2.05, 4.69) is 27.1 Å². The third-order valence-corrected chi connectivity index (χ3v) is 5.55. The number of halogens is 2. The molecule has 156 valence electrons. The van der Waals surface area contributed by atoms with Gasteiger partial charge in [0.15, 0.2) is 5.82 Å². The third-order valence-electron chi connectivity index (χ3n) is 4.21. The number of nitrogens with zero attached hydrogens (tertiary/aromatic N) is 2. The van der Waals surface area contributed by atoms with Crippen LogP contribution >= 0.6 is 22.9 Å². The number of anilines is 2. The van der Waals surface area contributed by atoms with Crippen molar-refractivity contribution < 1.29 is 9.13 Å². The Kier molecular flexibility index (Phi) is 6.33. The summed E-state index contributed by atoms with van der Waals surface area (Å²) in [5, 5.41) is 3.70. The van der Waals surface area contributed by atoms with Crippen molar-refractivity contribution in [2.45, 2.75) is 19.6 Å². The predicted molar refractivity (Wildman–Crippen MR) is 123 cm³/mol. The predicted octanol–water partition coefficient (Wildman–Crippen LogP) is 5.51. The highest BCUT2D eigenvalue weighted by Gasteiger charge is 2.10. The molecule has 0 saturated heterocycles. The molecule has 0 aliphatic carbocycles. The minimum absolute atomic E-state index is 0.197. The molecule has 3 N–H and O–H groups in total. The van der Waals surface area contributed by atoms with Crippen LogP contribution in [0.15, 0.2) is 54.9 Å². The maximum absolute atomic E-state index is 13.3. The Bertz CT molecular complexity index is 1300. The Labute approximate surface area is 188 Å². The van der Waals surface area contributed by atoms with E-state index in [0.29, 0.717) is 16.6 Å². The normalized spacial score (nSPS) is 11.6. The van der Waals surface area contributed by atoms with Crippen molar-refractivity contribution in [1.82, 2.24) is 9.97 Å². The zero-order valence-corrected chi connectivity index (χ0v) is 18.1. The van der Waals surface area contributed by atoms with Gasteiger partial charge in [-0.3, -0.25) is 0 Å². The number of rotatable bonds is 5. The molecule has 0 radical (unpaired) electrons. The summed E-state index contributed by atoms with van der Waals surface area (Å²) in [5.41, 5.74) is 7.98. The molecule has 0 saturated carbocycles. The molecule has 0 fully saturated rings. The topological polar surface area (TPSA) is 73.1 Å². The summed E-state index contributed by atoms with van der Waals surface area (Å²) in [6.45, 7) is 2.06. The number of nitrogens with one attached hydrogen (secondary N) is 1. The number of hydrogen-bond acceptors (Lipinski definition) is 6. The Morgan fingerprint density at radius 1 is 1.23 bits per heavy atom. The molecule has 4 aromatic rings. The highest BCUT2D eigenvalue weighted by atomic mass is 35.5. The van der Waals surface area contributed by atoms with Crippen molar-refractivity contribution >= 4 is 44.7 Å². The molecule has 2 heterocycles. The molecule has 2 aromatic heterocycles. The molecule has 8 heteroatoms. The molecule has 0 spiro atoms. The molecule has 0 bridgehead atoms. The van der Waals surface area contributed by atoms with Gasteiger partial charge in [-0.05, 0) is 48.9 Å². The molecule has 2 aromatic carbocycles. The number of nitrogens with two attached hydrogens (primary N) is 1. The first-order valence-corrected chi connectivity index (χ1v) is 10.6. The molecule has 0 aliphatic rings. The van der Waals surface area contributed by atoms with Crippen LogP contribution in [0.2, 0.25) is 5.02 Å². The molecule has 31 heavy (non-hydrogen) atoms.